The molecule has 0 N–H and O–H groups in total. The molecule has 0 radical (unpaired) electrons. The van der Waals surface area contributed by atoms with Crippen LogP contribution in [0.3, 0.4) is 0 Å². The van der Waals surface area contributed by atoms with Gasteiger partial charge in [-0.1, -0.05) is 0 Å². The predicted octanol–water partition coefficient (Wildman–Crippen LogP) is 1.35. The molecule has 0 aliphatic carbocycles. The van der Waals surface area contributed by atoms with Crippen molar-refractivity contribution in [2.24, 2.45) is 5.92 Å². The van der Waals surface area contributed by atoms with Crippen LogP contribution >= 0.6 is 11.6 Å². The van der Waals surface area contributed by atoms with Gasteiger partial charge < -0.3 is 0 Å². The summed E-state index contributed by atoms with van der Waals surface area (Å²) in [5, 5.41) is 0. The lowest BCUT2D eigenvalue weighted by molar-refractivity contribution is 0.243. The van der Waals surface area contributed by atoms with Crippen molar-refractivity contribution < 1.29 is 8.42 Å². The van der Waals surface area contributed by atoms with Crippen LogP contribution in [0, 0.1) is 5.92 Å². The molecule has 0 aromatic carbocycles. The molecule has 3 rings (SSSR count). The van der Waals surface area contributed by atoms with Gasteiger partial charge >= 0.3 is 0 Å². The Morgan fingerprint density at radius 1 is 0.905 bits per heavy atom. The second-order valence-corrected chi connectivity index (χ2v) is 8.79. The van der Waals surface area contributed by atoms with Gasteiger partial charge in [-0.05, 0) is 51.1 Å². The van der Waals surface area contributed by atoms with E-state index >= 15 is 0 Å². The van der Waals surface area contributed by atoms with E-state index < -0.39 is 10.2 Å². The number of nitrogens with zero attached hydrogens (tertiary/aromatic N) is 3. The standard InChI is InChI=1S/C14H26ClN3O2S/c15-11-13-3-8-17(9-4-13)21(19,20)18-10-5-14(12-18)16-6-1-2-7-16/h13-14H,1-12H2. The molecule has 3 saturated heterocycles. The van der Waals surface area contributed by atoms with E-state index in [0.29, 0.717) is 44.0 Å². The van der Waals surface area contributed by atoms with Crippen molar-refractivity contribution in [2.75, 3.05) is 45.1 Å². The zero-order chi connectivity index (χ0) is 14.9. The molecule has 0 bridgehead atoms. The van der Waals surface area contributed by atoms with Gasteiger partial charge in [0.1, 0.15) is 0 Å². The van der Waals surface area contributed by atoms with Crippen LogP contribution in [0.25, 0.3) is 0 Å². The second kappa shape index (κ2) is 6.71. The van der Waals surface area contributed by atoms with E-state index in [1.54, 1.807) is 8.61 Å². The monoisotopic (exact) mass is 335 g/mol. The molecule has 0 saturated carbocycles. The minimum Gasteiger partial charge on any atom is -0.299 e. The fourth-order valence-corrected chi connectivity index (χ4v) is 5.79. The number of piperidine rings is 1. The lowest BCUT2D eigenvalue weighted by Gasteiger charge is -2.33. The Labute approximate surface area is 133 Å². The van der Waals surface area contributed by atoms with Gasteiger partial charge in [-0.25, -0.2) is 0 Å². The molecule has 122 valence electrons. The van der Waals surface area contributed by atoms with E-state index in [4.69, 9.17) is 11.6 Å². The van der Waals surface area contributed by atoms with Crippen molar-refractivity contribution in [2.45, 2.75) is 38.1 Å². The van der Waals surface area contributed by atoms with Crippen molar-refractivity contribution in [3.05, 3.63) is 0 Å². The highest BCUT2D eigenvalue weighted by molar-refractivity contribution is 7.86. The van der Waals surface area contributed by atoms with Gasteiger partial charge in [-0.3, -0.25) is 4.90 Å². The van der Waals surface area contributed by atoms with E-state index in [1.807, 2.05) is 0 Å². The highest BCUT2D eigenvalue weighted by Gasteiger charge is 2.39. The molecule has 0 spiro atoms. The first-order chi connectivity index (χ1) is 10.1. The summed E-state index contributed by atoms with van der Waals surface area (Å²) >= 11 is 5.88. The molecule has 1 atom stereocenters. The zero-order valence-corrected chi connectivity index (χ0v) is 14.2. The van der Waals surface area contributed by atoms with Gasteiger partial charge in [0.05, 0.1) is 0 Å². The third kappa shape index (κ3) is 3.39. The maximum absolute atomic E-state index is 12.7. The molecule has 3 aliphatic heterocycles. The quantitative estimate of drug-likeness (QED) is 0.728. The van der Waals surface area contributed by atoms with Crippen LogP contribution in [-0.4, -0.2) is 73.1 Å². The summed E-state index contributed by atoms with van der Waals surface area (Å²) in [5.74, 6) is 1.13. The van der Waals surface area contributed by atoms with Gasteiger partial charge in [0.2, 0.25) is 0 Å². The smallest absolute Gasteiger partial charge is 0.282 e. The number of halogens is 1. The first-order valence-corrected chi connectivity index (χ1v) is 10.1. The molecule has 1 unspecified atom stereocenters. The Bertz CT molecular complexity index is 445. The zero-order valence-electron chi connectivity index (χ0n) is 12.6. The number of likely N-dealkylation sites (tertiary alicyclic amines) is 1. The van der Waals surface area contributed by atoms with Gasteiger partial charge in [-0.15, -0.1) is 11.6 Å². The minimum absolute atomic E-state index is 0.433. The van der Waals surface area contributed by atoms with Crippen molar-refractivity contribution in [1.29, 1.82) is 0 Å². The average Bonchev–Trinajstić information content (AvgIpc) is 3.18. The van der Waals surface area contributed by atoms with Crippen molar-refractivity contribution >= 4 is 21.8 Å². The number of hydrogen-bond acceptors (Lipinski definition) is 3. The molecule has 5 nitrogen and oxygen atoms in total. The normalized spacial score (nSPS) is 31.2. The van der Waals surface area contributed by atoms with Crippen LogP contribution in [0.1, 0.15) is 32.1 Å². The molecular weight excluding hydrogens is 310 g/mol. The molecule has 3 heterocycles. The maximum Gasteiger partial charge on any atom is 0.282 e. The van der Waals surface area contributed by atoms with Crippen LogP contribution < -0.4 is 0 Å². The van der Waals surface area contributed by atoms with E-state index in [0.717, 1.165) is 32.4 Å². The summed E-state index contributed by atoms with van der Waals surface area (Å²) in [6.07, 6.45) is 5.29. The van der Waals surface area contributed by atoms with Gasteiger partial charge in [0, 0.05) is 38.1 Å². The molecule has 21 heavy (non-hydrogen) atoms. The van der Waals surface area contributed by atoms with Gasteiger partial charge in [0.25, 0.3) is 10.2 Å². The number of hydrogen-bond donors (Lipinski definition) is 0. The molecule has 0 aromatic rings. The van der Waals surface area contributed by atoms with Crippen LogP contribution in [-0.2, 0) is 10.2 Å². The van der Waals surface area contributed by atoms with Crippen molar-refractivity contribution in [3.8, 4) is 0 Å². The lowest BCUT2D eigenvalue weighted by Crippen LogP contribution is -2.47. The number of alkyl halides is 1. The minimum atomic E-state index is -3.26. The van der Waals surface area contributed by atoms with Crippen LogP contribution in [0.4, 0.5) is 0 Å². The van der Waals surface area contributed by atoms with Gasteiger partial charge in [-0.2, -0.15) is 17.0 Å². The summed E-state index contributed by atoms with van der Waals surface area (Å²) in [4.78, 5) is 2.47. The molecule has 0 aromatic heterocycles. The molecule has 3 fully saturated rings. The fourth-order valence-electron chi connectivity index (χ4n) is 3.78. The lowest BCUT2D eigenvalue weighted by atomic mass is 10.0. The Hall–Kier alpha value is 0.120. The first kappa shape index (κ1) is 16.0. The van der Waals surface area contributed by atoms with Crippen LogP contribution in [0.5, 0.6) is 0 Å². The topological polar surface area (TPSA) is 43.9 Å². The third-order valence-corrected chi connectivity index (χ3v) is 7.67. The summed E-state index contributed by atoms with van der Waals surface area (Å²) in [7, 11) is -3.26. The third-order valence-electron chi connectivity index (χ3n) is 5.23. The summed E-state index contributed by atoms with van der Waals surface area (Å²) in [5.41, 5.74) is 0. The highest BCUT2D eigenvalue weighted by atomic mass is 35.5. The Balaban J connectivity index is 1.58. The largest absolute Gasteiger partial charge is 0.299 e. The van der Waals surface area contributed by atoms with E-state index in [-0.39, 0.29) is 0 Å². The highest BCUT2D eigenvalue weighted by Crippen LogP contribution is 2.27. The fraction of sp³-hybridized carbons (Fsp3) is 1.00. The Kier molecular flexibility index (Phi) is 5.11. The maximum atomic E-state index is 12.7. The summed E-state index contributed by atoms with van der Waals surface area (Å²) < 4.78 is 28.9. The Morgan fingerprint density at radius 3 is 2.14 bits per heavy atom. The first-order valence-electron chi connectivity index (χ1n) is 8.16. The molecule has 0 amide bonds. The average molecular weight is 336 g/mol. The second-order valence-electron chi connectivity index (χ2n) is 6.55. The summed E-state index contributed by atoms with van der Waals surface area (Å²) in [6.45, 7) is 4.89. The predicted molar refractivity (Wildman–Crippen MR) is 84.7 cm³/mol. The van der Waals surface area contributed by atoms with Crippen LogP contribution in [0.2, 0.25) is 0 Å². The van der Waals surface area contributed by atoms with E-state index in [9.17, 15) is 8.42 Å². The number of rotatable bonds is 4. The molecular formula is C14H26ClN3O2S. The van der Waals surface area contributed by atoms with E-state index in [2.05, 4.69) is 4.90 Å². The summed E-state index contributed by atoms with van der Waals surface area (Å²) in [6, 6.07) is 0.433. The SMILES string of the molecule is O=S(=O)(N1CCC(CCl)CC1)N1CCC(N2CCCC2)C1. The van der Waals surface area contributed by atoms with Crippen LogP contribution in [0.15, 0.2) is 0 Å². The van der Waals surface area contributed by atoms with Crippen molar-refractivity contribution in [3.63, 3.8) is 0 Å². The van der Waals surface area contributed by atoms with Gasteiger partial charge in [0.15, 0.2) is 0 Å². The Morgan fingerprint density at radius 2 is 1.52 bits per heavy atom. The molecule has 7 heteroatoms. The molecule has 3 aliphatic rings. The van der Waals surface area contributed by atoms with Crippen molar-refractivity contribution in [1.82, 2.24) is 13.5 Å². The van der Waals surface area contributed by atoms with E-state index in [1.165, 1.54) is 12.8 Å².